The Balaban J connectivity index is 1.91. The maximum atomic E-state index is 13.9. The molecule has 266 valence electrons. The van der Waals surface area contributed by atoms with Gasteiger partial charge in [-0.25, -0.2) is 0 Å². The molecule has 0 spiro atoms. The summed E-state index contributed by atoms with van der Waals surface area (Å²) in [5.74, 6) is -8.42. The Morgan fingerprint density at radius 2 is 1.49 bits per heavy atom. The topological polar surface area (TPSA) is 212 Å². The molecule has 3 aliphatic rings. The number of methoxy groups -OCH3 is 1. The summed E-state index contributed by atoms with van der Waals surface area (Å²) in [6, 6.07) is 0. The quantitative estimate of drug-likeness (QED) is 0.136. The van der Waals surface area contributed by atoms with Gasteiger partial charge >= 0.3 is 5.79 Å². The van der Waals surface area contributed by atoms with Gasteiger partial charge in [0, 0.05) is 54.2 Å². The van der Waals surface area contributed by atoms with Gasteiger partial charge in [0.1, 0.15) is 17.2 Å². The van der Waals surface area contributed by atoms with Crippen LogP contribution in [0.3, 0.4) is 0 Å². The van der Waals surface area contributed by atoms with Crippen molar-refractivity contribution in [2.24, 2.45) is 23.7 Å². The number of amides is 1. The van der Waals surface area contributed by atoms with E-state index in [1.807, 2.05) is 0 Å². The number of phenols is 3. The third-order valence-electron chi connectivity index (χ3n) is 9.89. The molecule has 2 aromatic rings. The largest absolute Gasteiger partial charge is 0.507 e. The Bertz CT molecular complexity index is 1750. The maximum Gasteiger partial charge on any atom is 0.312 e. The lowest BCUT2D eigenvalue weighted by molar-refractivity contribution is -0.112. The van der Waals surface area contributed by atoms with E-state index < -0.39 is 99.5 Å². The molecule has 9 unspecified atom stereocenters. The van der Waals surface area contributed by atoms with Crippen LogP contribution in [0.15, 0.2) is 36.1 Å². The van der Waals surface area contributed by atoms with Crippen molar-refractivity contribution in [1.29, 1.82) is 0 Å². The first-order valence-corrected chi connectivity index (χ1v) is 16.0. The molecule has 2 aromatic carbocycles. The number of allylic oxidation sites excluding steroid dienone is 2. The molecule has 0 fully saturated rings. The number of fused-ring (bicyclic) bond motifs is 14. The number of aliphatic hydroxyl groups is 3. The number of benzene rings is 2. The zero-order chi connectivity index (χ0) is 36.7. The van der Waals surface area contributed by atoms with Crippen LogP contribution in [0.25, 0.3) is 10.8 Å². The van der Waals surface area contributed by atoms with Crippen LogP contribution in [0.5, 0.6) is 23.0 Å². The number of carbonyl (C=O) groups is 3. The molecule has 1 amide bonds. The molecule has 0 aliphatic carbocycles. The van der Waals surface area contributed by atoms with Crippen LogP contribution in [0, 0.1) is 30.6 Å². The highest BCUT2D eigenvalue weighted by Gasteiger charge is 2.49. The van der Waals surface area contributed by atoms with Gasteiger partial charge < -0.3 is 50.2 Å². The van der Waals surface area contributed by atoms with Gasteiger partial charge in [-0.3, -0.25) is 14.4 Å². The fourth-order valence-electron chi connectivity index (χ4n) is 6.47. The average molecular weight is 684 g/mol. The van der Waals surface area contributed by atoms with E-state index in [-0.39, 0.29) is 34.1 Å². The fourth-order valence-corrected chi connectivity index (χ4v) is 6.47. The second-order valence-corrected chi connectivity index (χ2v) is 13.2. The lowest BCUT2D eigenvalue weighted by atomic mass is 9.78. The summed E-state index contributed by atoms with van der Waals surface area (Å²) in [7, 11) is 1.41. The number of phenolic OH excluding ortho intramolecular Hbond substituents is 3. The fraction of sp³-hybridized carbons (Fsp3) is 0.472. The maximum absolute atomic E-state index is 13.9. The van der Waals surface area contributed by atoms with Gasteiger partial charge in [-0.2, -0.15) is 0 Å². The van der Waals surface area contributed by atoms with Crippen molar-refractivity contribution < 1.29 is 59.2 Å². The van der Waals surface area contributed by atoms with Crippen molar-refractivity contribution in [3.63, 3.8) is 0 Å². The number of aldehydes is 1. The Morgan fingerprint density at radius 1 is 0.878 bits per heavy atom. The van der Waals surface area contributed by atoms with E-state index in [1.54, 1.807) is 33.8 Å². The Morgan fingerprint density at radius 3 is 2.10 bits per heavy atom. The summed E-state index contributed by atoms with van der Waals surface area (Å²) >= 11 is 0. The van der Waals surface area contributed by atoms with E-state index >= 15 is 0 Å². The minimum atomic E-state index is -2.05. The number of ketones is 1. The highest BCUT2D eigenvalue weighted by Crippen LogP contribution is 2.55. The second kappa shape index (κ2) is 14.2. The standard InChI is InChI=1S/C36H45NO12/c1-15-10-9-11-16(2)35(46)37-26-21(14-38)31(43)23-24(32(26)44)30(42)20(6)33-25(23)34(45)36(7,49-33)48-13-12-22(47-8)17(3)28(40)19(5)29(41)18(4)27(15)39/h9-15,17-19,22,27-29,39-44H,1-8H3,(H,37,46)/b10-9-,13-12+,16-11+. The normalized spacial score (nSPS) is 33.7. The molecule has 13 heteroatoms. The van der Waals surface area contributed by atoms with Gasteiger partial charge in [-0.05, 0) is 19.9 Å². The molecule has 3 heterocycles. The highest BCUT2D eigenvalue weighted by molar-refractivity contribution is 6.23. The van der Waals surface area contributed by atoms with Crippen molar-refractivity contribution >= 4 is 34.4 Å². The lowest BCUT2D eigenvalue weighted by Crippen LogP contribution is -2.44. The molecule has 7 N–H and O–H groups in total. The minimum Gasteiger partial charge on any atom is -0.507 e. The van der Waals surface area contributed by atoms with Crippen LogP contribution in [-0.2, 0) is 14.3 Å². The van der Waals surface area contributed by atoms with E-state index in [1.165, 1.54) is 46.1 Å². The van der Waals surface area contributed by atoms with Gasteiger partial charge in [0.15, 0.2) is 12.0 Å². The number of anilines is 1. The van der Waals surface area contributed by atoms with Crippen molar-refractivity contribution in [1.82, 2.24) is 0 Å². The summed E-state index contributed by atoms with van der Waals surface area (Å²) in [5, 5.41) is 68.9. The molecule has 0 saturated carbocycles. The third-order valence-corrected chi connectivity index (χ3v) is 9.89. The predicted molar refractivity (Wildman–Crippen MR) is 180 cm³/mol. The number of nitrogens with one attached hydrogen (secondary N) is 1. The Labute approximate surface area is 284 Å². The number of aromatic hydroxyl groups is 3. The second-order valence-electron chi connectivity index (χ2n) is 13.2. The van der Waals surface area contributed by atoms with Gasteiger partial charge in [0.25, 0.3) is 11.7 Å². The smallest absolute Gasteiger partial charge is 0.312 e. The monoisotopic (exact) mass is 683 g/mol. The van der Waals surface area contributed by atoms with E-state index in [2.05, 4.69) is 5.32 Å². The number of hydrogen-bond donors (Lipinski definition) is 7. The average Bonchev–Trinajstić information content (AvgIpc) is 3.34. The molecular weight excluding hydrogens is 638 g/mol. The molecule has 0 saturated heterocycles. The molecule has 5 bridgehead atoms. The number of Topliss-reactive ketones (excluding diaryl/α,β-unsaturated/α-hetero) is 1. The number of aliphatic hydroxyl groups excluding tert-OH is 3. The van der Waals surface area contributed by atoms with Crippen LogP contribution in [-0.4, -0.2) is 85.9 Å². The van der Waals surface area contributed by atoms with E-state index in [0.29, 0.717) is 0 Å². The molecule has 49 heavy (non-hydrogen) atoms. The van der Waals surface area contributed by atoms with E-state index in [0.717, 1.165) is 6.26 Å². The predicted octanol–water partition coefficient (Wildman–Crippen LogP) is 4.00. The Hall–Kier alpha value is -4.43. The zero-order valence-electron chi connectivity index (χ0n) is 28.7. The van der Waals surface area contributed by atoms with Crippen molar-refractivity contribution in [3.8, 4) is 23.0 Å². The molecule has 5 rings (SSSR count). The molecular formula is C36H45NO12. The van der Waals surface area contributed by atoms with Gasteiger partial charge in [0.2, 0.25) is 0 Å². The number of ether oxygens (including phenoxy) is 3. The summed E-state index contributed by atoms with van der Waals surface area (Å²) < 4.78 is 17.3. The first kappa shape index (κ1) is 37.4. The van der Waals surface area contributed by atoms with E-state index in [4.69, 9.17) is 14.2 Å². The molecule has 13 nitrogen and oxygen atoms in total. The van der Waals surface area contributed by atoms with Crippen molar-refractivity contribution in [2.75, 3.05) is 12.4 Å². The van der Waals surface area contributed by atoms with Crippen LogP contribution >= 0.6 is 0 Å². The molecule has 9 atom stereocenters. The Kier molecular flexibility index (Phi) is 10.8. The first-order chi connectivity index (χ1) is 22.9. The molecule has 0 radical (unpaired) electrons. The molecule has 3 aliphatic heterocycles. The summed E-state index contributed by atoms with van der Waals surface area (Å²) in [6.45, 7) is 10.9. The van der Waals surface area contributed by atoms with Crippen molar-refractivity contribution in [3.05, 3.63) is 52.8 Å². The summed E-state index contributed by atoms with van der Waals surface area (Å²) in [5.41, 5.74) is -1.21. The van der Waals surface area contributed by atoms with Crippen LogP contribution in [0.2, 0.25) is 0 Å². The molecule has 0 aromatic heterocycles. The van der Waals surface area contributed by atoms with Crippen LogP contribution < -0.4 is 10.1 Å². The summed E-state index contributed by atoms with van der Waals surface area (Å²) in [6.07, 6.45) is 3.34. The third kappa shape index (κ3) is 6.51. The van der Waals surface area contributed by atoms with Crippen molar-refractivity contribution in [2.45, 2.75) is 78.7 Å². The van der Waals surface area contributed by atoms with Gasteiger partial charge in [-0.1, -0.05) is 45.9 Å². The van der Waals surface area contributed by atoms with Gasteiger partial charge in [0.05, 0.1) is 52.9 Å². The first-order valence-electron chi connectivity index (χ1n) is 16.0. The SMILES string of the molecule is COC1/C=C/OC2(C)Oc3c(C)c(O)c4c(O)c(c(C=O)c(O)c4c3C2=O)NC(=O)/C(C)=C/C=C\C(C)C(O)C(C)C(O)C(C)C(O)C1C. The van der Waals surface area contributed by atoms with Crippen LogP contribution in [0.4, 0.5) is 5.69 Å². The number of rotatable bonds is 2. The minimum absolute atomic E-state index is 0.00862. The van der Waals surface area contributed by atoms with E-state index in [9.17, 15) is 45.0 Å². The number of carbonyl (C=O) groups excluding carboxylic acids is 3. The summed E-state index contributed by atoms with van der Waals surface area (Å²) in [4.78, 5) is 39.4. The van der Waals surface area contributed by atoms with Gasteiger partial charge in [-0.15, -0.1) is 0 Å². The zero-order valence-corrected chi connectivity index (χ0v) is 28.7. The number of hydrogen-bond acceptors (Lipinski definition) is 12. The lowest BCUT2D eigenvalue weighted by Gasteiger charge is -2.36. The highest BCUT2D eigenvalue weighted by atomic mass is 16.7. The van der Waals surface area contributed by atoms with Crippen LogP contribution in [0.1, 0.15) is 67.8 Å².